The van der Waals surface area contributed by atoms with Crippen molar-refractivity contribution in [3.05, 3.63) is 17.5 Å². The van der Waals surface area contributed by atoms with Gasteiger partial charge in [0.05, 0.1) is 12.2 Å². The van der Waals surface area contributed by atoms with Crippen LogP contribution >= 0.6 is 0 Å². The molecular weight excluding hydrogens is 272 g/mol. The molecule has 0 aromatic carbocycles. The normalized spacial score (nSPS) is 24.0. The Morgan fingerprint density at radius 1 is 1.32 bits per heavy atom. The van der Waals surface area contributed by atoms with Crippen molar-refractivity contribution in [3.63, 3.8) is 0 Å². The Morgan fingerprint density at radius 3 is 2.95 bits per heavy atom. The Labute approximate surface area is 133 Å². The first-order chi connectivity index (χ1) is 10.6. The first-order valence-corrected chi connectivity index (χ1v) is 8.36. The molecule has 1 fully saturated rings. The second kappa shape index (κ2) is 6.26. The van der Waals surface area contributed by atoms with Crippen LogP contribution in [-0.4, -0.2) is 48.6 Å². The molecule has 1 aromatic rings. The van der Waals surface area contributed by atoms with E-state index in [2.05, 4.69) is 28.6 Å². The van der Waals surface area contributed by atoms with Crippen LogP contribution in [0.3, 0.4) is 0 Å². The van der Waals surface area contributed by atoms with Crippen molar-refractivity contribution in [2.24, 2.45) is 0 Å². The lowest BCUT2D eigenvalue weighted by Crippen LogP contribution is -2.45. The summed E-state index contributed by atoms with van der Waals surface area (Å²) in [6.45, 7) is 5.28. The molecule has 3 rings (SSSR count). The Balaban J connectivity index is 1.84. The molecule has 22 heavy (non-hydrogen) atoms. The third kappa shape index (κ3) is 2.83. The molecule has 1 saturated heterocycles. The number of hydrogen-bond acceptors (Lipinski definition) is 4. The summed E-state index contributed by atoms with van der Waals surface area (Å²) >= 11 is 0. The highest BCUT2D eigenvalue weighted by Gasteiger charge is 2.43. The fourth-order valence-electron chi connectivity index (χ4n) is 3.80. The lowest BCUT2D eigenvalue weighted by atomic mass is 9.77. The fourth-order valence-corrected chi connectivity index (χ4v) is 3.80. The second-order valence-corrected chi connectivity index (χ2v) is 6.74. The topological polar surface area (TPSA) is 32.3 Å². The van der Waals surface area contributed by atoms with Gasteiger partial charge >= 0.3 is 0 Å². The molecule has 4 heteroatoms. The molecule has 0 radical (unpaired) electrons. The van der Waals surface area contributed by atoms with Crippen LogP contribution in [-0.2, 0) is 11.8 Å². The maximum atomic E-state index is 4.91. The largest absolute Gasteiger partial charge is 0.347 e. The van der Waals surface area contributed by atoms with E-state index < -0.39 is 0 Å². The molecule has 1 aliphatic heterocycles. The summed E-state index contributed by atoms with van der Waals surface area (Å²) in [5, 5.41) is 0. The van der Waals surface area contributed by atoms with Crippen molar-refractivity contribution in [2.45, 2.75) is 44.4 Å². The molecular formula is C18H26N4. The summed E-state index contributed by atoms with van der Waals surface area (Å²) in [7, 11) is 4.02. The lowest BCUT2D eigenvalue weighted by molar-refractivity contribution is 0.158. The van der Waals surface area contributed by atoms with Crippen LogP contribution in [0.25, 0.3) is 0 Å². The highest BCUT2D eigenvalue weighted by Crippen LogP contribution is 2.44. The van der Waals surface area contributed by atoms with Crippen molar-refractivity contribution in [2.75, 3.05) is 38.6 Å². The standard InChI is InChI=1S/C18H26N4/c1-4-5-6-11-22-12-7-9-18(14-22)10-8-15-13-19-17(21(2)3)20-16(15)18/h13H,4,7-12,14H2,1-3H3. The SMILES string of the molecule is CCC#CCN1CCCC2(CCc3cnc(N(C)C)nc32)C1. The van der Waals surface area contributed by atoms with Gasteiger partial charge in [0.2, 0.25) is 5.95 Å². The molecule has 1 aromatic heterocycles. The van der Waals surface area contributed by atoms with Gasteiger partial charge in [-0.05, 0) is 37.8 Å². The van der Waals surface area contributed by atoms with E-state index in [1.54, 1.807) is 0 Å². The quantitative estimate of drug-likeness (QED) is 0.784. The van der Waals surface area contributed by atoms with Crippen molar-refractivity contribution in [1.29, 1.82) is 0 Å². The first-order valence-electron chi connectivity index (χ1n) is 8.36. The summed E-state index contributed by atoms with van der Waals surface area (Å²) < 4.78 is 0. The monoisotopic (exact) mass is 298 g/mol. The predicted molar refractivity (Wildman–Crippen MR) is 90.1 cm³/mol. The molecule has 0 N–H and O–H groups in total. The fraction of sp³-hybridized carbons (Fsp3) is 0.667. The number of anilines is 1. The van der Waals surface area contributed by atoms with E-state index in [-0.39, 0.29) is 5.41 Å². The number of likely N-dealkylation sites (tertiary alicyclic amines) is 1. The summed E-state index contributed by atoms with van der Waals surface area (Å²) in [5.41, 5.74) is 2.89. The van der Waals surface area contributed by atoms with Crippen LogP contribution in [0.4, 0.5) is 5.95 Å². The van der Waals surface area contributed by atoms with Crippen molar-refractivity contribution in [3.8, 4) is 11.8 Å². The zero-order valence-electron chi connectivity index (χ0n) is 14.0. The van der Waals surface area contributed by atoms with Gasteiger partial charge in [-0.25, -0.2) is 9.97 Å². The van der Waals surface area contributed by atoms with Gasteiger partial charge in [-0.3, -0.25) is 4.90 Å². The molecule has 0 bridgehead atoms. The van der Waals surface area contributed by atoms with Gasteiger partial charge < -0.3 is 4.90 Å². The number of hydrogen-bond donors (Lipinski definition) is 0. The minimum Gasteiger partial charge on any atom is -0.347 e. The van der Waals surface area contributed by atoms with Gasteiger partial charge in [0, 0.05) is 38.7 Å². The van der Waals surface area contributed by atoms with Gasteiger partial charge in [-0.15, -0.1) is 5.92 Å². The van der Waals surface area contributed by atoms with Crippen LogP contribution in [0.15, 0.2) is 6.20 Å². The molecule has 1 atom stereocenters. The van der Waals surface area contributed by atoms with E-state index in [9.17, 15) is 0 Å². The van der Waals surface area contributed by atoms with Crippen LogP contribution in [0, 0.1) is 11.8 Å². The second-order valence-electron chi connectivity index (χ2n) is 6.74. The van der Waals surface area contributed by atoms with Crippen LogP contribution in [0.2, 0.25) is 0 Å². The van der Waals surface area contributed by atoms with E-state index >= 15 is 0 Å². The van der Waals surface area contributed by atoms with Crippen LogP contribution in [0.5, 0.6) is 0 Å². The van der Waals surface area contributed by atoms with Crippen molar-refractivity contribution < 1.29 is 0 Å². The van der Waals surface area contributed by atoms with Crippen LogP contribution in [0.1, 0.15) is 43.9 Å². The zero-order chi connectivity index (χ0) is 15.6. The van der Waals surface area contributed by atoms with Gasteiger partial charge in [-0.1, -0.05) is 12.8 Å². The average Bonchev–Trinajstić information content (AvgIpc) is 2.86. The summed E-state index contributed by atoms with van der Waals surface area (Å²) in [6, 6.07) is 0. The summed E-state index contributed by atoms with van der Waals surface area (Å²) in [5.74, 6) is 7.33. The molecule has 2 aliphatic rings. The molecule has 118 valence electrons. The number of piperidine rings is 1. The molecule has 2 heterocycles. The maximum Gasteiger partial charge on any atom is 0.225 e. The molecule has 1 unspecified atom stereocenters. The van der Waals surface area contributed by atoms with Gasteiger partial charge in [0.25, 0.3) is 0 Å². The van der Waals surface area contributed by atoms with E-state index in [0.29, 0.717) is 0 Å². The molecule has 4 nitrogen and oxygen atoms in total. The first kappa shape index (κ1) is 15.3. The molecule has 0 saturated carbocycles. The smallest absolute Gasteiger partial charge is 0.225 e. The van der Waals surface area contributed by atoms with E-state index in [0.717, 1.165) is 31.9 Å². The zero-order valence-corrected chi connectivity index (χ0v) is 14.0. The number of aryl methyl sites for hydroxylation is 1. The third-order valence-corrected chi connectivity index (χ3v) is 4.89. The predicted octanol–water partition coefficient (Wildman–Crippen LogP) is 2.24. The van der Waals surface area contributed by atoms with Gasteiger partial charge in [-0.2, -0.15) is 0 Å². The minimum absolute atomic E-state index is 0.231. The summed E-state index contributed by atoms with van der Waals surface area (Å²) in [4.78, 5) is 13.9. The minimum atomic E-state index is 0.231. The van der Waals surface area contributed by atoms with Crippen LogP contribution < -0.4 is 4.90 Å². The Bertz CT molecular complexity index is 595. The number of aromatic nitrogens is 2. The molecule has 1 spiro atoms. The van der Waals surface area contributed by atoms with E-state index in [4.69, 9.17) is 4.98 Å². The maximum absolute atomic E-state index is 4.91. The number of fused-ring (bicyclic) bond motifs is 2. The molecule has 0 amide bonds. The molecule has 1 aliphatic carbocycles. The van der Waals surface area contributed by atoms with Crippen molar-refractivity contribution in [1.82, 2.24) is 14.9 Å². The highest BCUT2D eigenvalue weighted by atomic mass is 15.2. The highest BCUT2D eigenvalue weighted by molar-refractivity contribution is 5.39. The number of rotatable bonds is 2. The third-order valence-electron chi connectivity index (χ3n) is 4.89. The average molecular weight is 298 g/mol. The van der Waals surface area contributed by atoms with Gasteiger partial charge in [0.15, 0.2) is 0 Å². The number of nitrogens with zero attached hydrogens (tertiary/aromatic N) is 4. The Hall–Kier alpha value is -1.60. The van der Waals surface area contributed by atoms with Gasteiger partial charge in [0.1, 0.15) is 0 Å². The Kier molecular flexibility index (Phi) is 4.35. The van der Waals surface area contributed by atoms with E-state index in [1.165, 1.54) is 37.1 Å². The van der Waals surface area contributed by atoms with Crippen molar-refractivity contribution >= 4 is 5.95 Å². The van der Waals surface area contributed by atoms with E-state index in [1.807, 2.05) is 25.2 Å². The Morgan fingerprint density at radius 2 is 2.18 bits per heavy atom. The summed E-state index contributed by atoms with van der Waals surface area (Å²) in [6.07, 6.45) is 7.82. The lowest BCUT2D eigenvalue weighted by Gasteiger charge is -2.40.